The third-order valence-electron chi connectivity index (χ3n) is 2.78. The summed E-state index contributed by atoms with van der Waals surface area (Å²) in [6.45, 7) is 7.05. The Bertz CT molecular complexity index is 252. The third kappa shape index (κ3) is 7.08. The van der Waals surface area contributed by atoms with Gasteiger partial charge in [-0.05, 0) is 53.6 Å². The molecule has 1 aliphatic carbocycles. The highest BCUT2D eigenvalue weighted by Crippen LogP contribution is 2.34. The Morgan fingerprint density at radius 2 is 1.94 bits per heavy atom. The van der Waals surface area contributed by atoms with Crippen LogP contribution in [-0.2, 0) is 0 Å². The Balaban J connectivity index is 0.00000256. The van der Waals surface area contributed by atoms with Crippen molar-refractivity contribution in [1.82, 2.24) is 10.2 Å². The molecular formula is C12H27IN4. The average molecular weight is 354 g/mol. The van der Waals surface area contributed by atoms with Crippen LogP contribution in [0.2, 0.25) is 0 Å². The molecule has 0 saturated heterocycles. The number of aliphatic imine (C=N–C) groups is 1. The van der Waals surface area contributed by atoms with Crippen LogP contribution in [0, 0.1) is 5.92 Å². The van der Waals surface area contributed by atoms with E-state index < -0.39 is 0 Å². The van der Waals surface area contributed by atoms with Crippen LogP contribution < -0.4 is 11.1 Å². The van der Waals surface area contributed by atoms with Gasteiger partial charge in [0.05, 0.1) is 6.54 Å². The van der Waals surface area contributed by atoms with E-state index in [-0.39, 0.29) is 29.5 Å². The van der Waals surface area contributed by atoms with Crippen LogP contribution in [0.15, 0.2) is 4.99 Å². The topological polar surface area (TPSA) is 53.6 Å². The summed E-state index contributed by atoms with van der Waals surface area (Å²) in [5, 5.41) is 3.18. The molecule has 1 fully saturated rings. The van der Waals surface area contributed by atoms with Crippen LogP contribution in [0.25, 0.3) is 0 Å². The van der Waals surface area contributed by atoms with Crippen molar-refractivity contribution in [2.75, 3.05) is 20.6 Å². The zero-order valence-electron chi connectivity index (χ0n) is 11.7. The lowest BCUT2D eigenvalue weighted by Gasteiger charge is -2.24. The first-order valence-electron chi connectivity index (χ1n) is 6.04. The first kappa shape index (κ1) is 17.0. The van der Waals surface area contributed by atoms with Crippen molar-refractivity contribution >= 4 is 29.9 Å². The predicted octanol–water partition coefficient (Wildman–Crippen LogP) is 1.65. The molecule has 1 aliphatic rings. The van der Waals surface area contributed by atoms with Gasteiger partial charge >= 0.3 is 0 Å². The van der Waals surface area contributed by atoms with E-state index in [1.807, 2.05) is 0 Å². The molecule has 0 heterocycles. The summed E-state index contributed by atoms with van der Waals surface area (Å²) in [4.78, 5) is 6.69. The third-order valence-corrected chi connectivity index (χ3v) is 2.78. The van der Waals surface area contributed by atoms with Gasteiger partial charge in [0.2, 0.25) is 0 Å². The second kappa shape index (κ2) is 6.78. The van der Waals surface area contributed by atoms with E-state index in [9.17, 15) is 0 Å². The monoisotopic (exact) mass is 354 g/mol. The Morgan fingerprint density at radius 1 is 1.41 bits per heavy atom. The second-order valence-corrected chi connectivity index (χ2v) is 5.97. The molecule has 102 valence electrons. The second-order valence-electron chi connectivity index (χ2n) is 5.97. The lowest BCUT2D eigenvalue weighted by Crippen LogP contribution is -2.45. The van der Waals surface area contributed by atoms with E-state index in [1.165, 1.54) is 12.8 Å². The number of rotatable bonds is 4. The Hall–Kier alpha value is -0.0400. The van der Waals surface area contributed by atoms with Crippen molar-refractivity contribution in [3.8, 4) is 0 Å². The molecule has 4 nitrogen and oxygen atoms in total. The zero-order valence-corrected chi connectivity index (χ0v) is 14.0. The van der Waals surface area contributed by atoms with Gasteiger partial charge in [-0.3, -0.25) is 4.99 Å². The largest absolute Gasteiger partial charge is 0.370 e. The molecule has 0 aromatic heterocycles. The molecule has 0 aliphatic heterocycles. The molecule has 0 radical (unpaired) electrons. The van der Waals surface area contributed by atoms with Gasteiger partial charge in [0, 0.05) is 11.6 Å². The van der Waals surface area contributed by atoms with Crippen LogP contribution >= 0.6 is 24.0 Å². The molecule has 0 amide bonds. The predicted molar refractivity (Wildman–Crippen MR) is 85.0 cm³/mol. The van der Waals surface area contributed by atoms with Crippen molar-refractivity contribution in [1.29, 1.82) is 0 Å². The Labute approximate surface area is 122 Å². The van der Waals surface area contributed by atoms with Crippen LogP contribution in [0.3, 0.4) is 0 Å². The van der Waals surface area contributed by atoms with Crippen LogP contribution in [0.4, 0.5) is 0 Å². The normalized spacial score (nSPS) is 18.8. The maximum absolute atomic E-state index is 5.85. The van der Waals surface area contributed by atoms with E-state index in [0.29, 0.717) is 12.0 Å². The highest BCUT2D eigenvalue weighted by Gasteiger charge is 2.32. The van der Waals surface area contributed by atoms with Gasteiger partial charge in [-0.25, -0.2) is 0 Å². The van der Waals surface area contributed by atoms with Crippen molar-refractivity contribution < 1.29 is 0 Å². The lowest BCUT2D eigenvalue weighted by atomic mass is 10.1. The molecule has 0 spiro atoms. The number of nitrogens with two attached hydrogens (primary N) is 1. The maximum atomic E-state index is 5.85. The van der Waals surface area contributed by atoms with Gasteiger partial charge < -0.3 is 16.0 Å². The highest BCUT2D eigenvalue weighted by atomic mass is 127. The minimum Gasteiger partial charge on any atom is -0.370 e. The van der Waals surface area contributed by atoms with Gasteiger partial charge in [-0.1, -0.05) is 0 Å². The van der Waals surface area contributed by atoms with Gasteiger partial charge in [0.25, 0.3) is 0 Å². The number of halogens is 1. The molecule has 17 heavy (non-hydrogen) atoms. The summed E-state index contributed by atoms with van der Waals surface area (Å²) in [5.74, 6) is 1.38. The molecule has 1 saturated carbocycles. The molecular weight excluding hydrogens is 327 g/mol. The van der Waals surface area contributed by atoms with Crippen molar-refractivity contribution in [3.63, 3.8) is 0 Å². The number of hydrogen-bond acceptors (Lipinski definition) is 2. The van der Waals surface area contributed by atoms with E-state index in [1.54, 1.807) is 0 Å². The number of nitrogens with zero attached hydrogens (tertiary/aromatic N) is 2. The summed E-state index contributed by atoms with van der Waals surface area (Å²) in [5.41, 5.74) is 5.84. The lowest BCUT2D eigenvalue weighted by molar-refractivity contribution is 0.271. The molecule has 0 aromatic carbocycles. The summed E-state index contributed by atoms with van der Waals surface area (Å²) in [7, 11) is 4.23. The van der Waals surface area contributed by atoms with Gasteiger partial charge in [0.1, 0.15) is 0 Å². The van der Waals surface area contributed by atoms with Crippen LogP contribution in [0.5, 0.6) is 0 Å². The average Bonchev–Trinajstić information content (AvgIpc) is 2.83. The van der Waals surface area contributed by atoms with Crippen LogP contribution in [0.1, 0.15) is 33.6 Å². The van der Waals surface area contributed by atoms with Gasteiger partial charge in [-0.15, -0.1) is 24.0 Å². The van der Waals surface area contributed by atoms with E-state index in [2.05, 4.69) is 50.1 Å². The molecule has 1 rings (SSSR count). The number of nitrogens with one attached hydrogen (secondary N) is 1. The van der Waals surface area contributed by atoms with Crippen molar-refractivity contribution in [2.24, 2.45) is 16.6 Å². The number of hydrogen-bond donors (Lipinski definition) is 2. The highest BCUT2D eigenvalue weighted by molar-refractivity contribution is 14.0. The first-order chi connectivity index (χ1) is 7.29. The summed E-state index contributed by atoms with van der Waals surface area (Å²) < 4.78 is 0. The minimum atomic E-state index is -0.0131. The number of guanidine groups is 1. The molecule has 1 unspecified atom stereocenters. The minimum absolute atomic E-state index is 0. The fourth-order valence-corrected chi connectivity index (χ4v) is 1.83. The Morgan fingerprint density at radius 3 is 2.29 bits per heavy atom. The van der Waals surface area contributed by atoms with E-state index in [0.717, 1.165) is 12.5 Å². The van der Waals surface area contributed by atoms with Crippen LogP contribution in [-0.4, -0.2) is 43.1 Å². The summed E-state index contributed by atoms with van der Waals surface area (Å²) in [6.07, 6.45) is 2.68. The van der Waals surface area contributed by atoms with Crippen molar-refractivity contribution in [3.05, 3.63) is 0 Å². The molecule has 0 aromatic rings. The van der Waals surface area contributed by atoms with E-state index in [4.69, 9.17) is 5.73 Å². The van der Waals surface area contributed by atoms with Gasteiger partial charge in [0.15, 0.2) is 5.96 Å². The maximum Gasteiger partial charge on any atom is 0.189 e. The van der Waals surface area contributed by atoms with Crippen molar-refractivity contribution in [2.45, 2.75) is 45.2 Å². The standard InChI is InChI=1S/C12H26N4.HI/c1-12(2,3)15-11(13)14-8-10(16(4)5)9-6-7-9;/h9-10H,6-8H2,1-5H3,(H3,13,14,15);1H. The first-order valence-corrected chi connectivity index (χ1v) is 6.04. The van der Waals surface area contributed by atoms with Gasteiger partial charge in [-0.2, -0.15) is 0 Å². The smallest absolute Gasteiger partial charge is 0.189 e. The summed E-state index contributed by atoms with van der Waals surface area (Å²) in [6, 6.07) is 0.542. The number of likely N-dealkylation sites (N-methyl/N-ethyl adjacent to an activating group) is 1. The molecule has 5 heteroatoms. The SMILES string of the molecule is CN(C)C(CN=C(N)NC(C)(C)C)C1CC1.I. The molecule has 0 bridgehead atoms. The quantitative estimate of drug-likeness (QED) is 0.459. The fraction of sp³-hybridized carbons (Fsp3) is 0.917. The molecule has 1 atom stereocenters. The van der Waals surface area contributed by atoms with E-state index >= 15 is 0 Å². The fourth-order valence-electron chi connectivity index (χ4n) is 1.83. The Kier molecular flexibility index (Phi) is 6.76. The summed E-state index contributed by atoms with van der Waals surface area (Å²) >= 11 is 0. The zero-order chi connectivity index (χ0) is 12.3. The molecule has 3 N–H and O–H groups in total.